The Morgan fingerprint density at radius 3 is 2.59 bits per heavy atom. The highest BCUT2D eigenvalue weighted by molar-refractivity contribution is 6.31. The molecule has 0 aliphatic heterocycles. The number of amides is 1. The first-order chi connectivity index (χ1) is 16.2. The number of carbonyl (C=O) groups is 1. The summed E-state index contributed by atoms with van der Waals surface area (Å²) in [6.45, 7) is 5.74. The van der Waals surface area contributed by atoms with Crippen LogP contribution < -0.4 is 10.1 Å². The fourth-order valence-corrected chi connectivity index (χ4v) is 3.79. The minimum atomic E-state index is -0.447. The Morgan fingerprint density at radius 2 is 1.88 bits per heavy atom. The van der Waals surface area contributed by atoms with Gasteiger partial charge in [0.2, 0.25) is 0 Å². The fraction of sp³-hybridized carbons (Fsp3) is 0.208. The van der Waals surface area contributed by atoms with Gasteiger partial charge in [-0.2, -0.15) is 5.10 Å². The number of nitrogens with zero attached hydrogens (tertiary/aromatic N) is 3. The van der Waals surface area contributed by atoms with Crippen molar-refractivity contribution in [1.82, 2.24) is 14.9 Å². The van der Waals surface area contributed by atoms with Crippen LogP contribution in [-0.4, -0.2) is 20.8 Å². The van der Waals surface area contributed by atoms with E-state index in [-0.39, 0.29) is 12.3 Å². The Kier molecular flexibility index (Phi) is 6.90. The van der Waals surface area contributed by atoms with Gasteiger partial charge in [-0.3, -0.25) is 9.48 Å². The first kappa shape index (κ1) is 23.8. The highest BCUT2D eigenvalue weighted by Crippen LogP contribution is 2.25. The van der Waals surface area contributed by atoms with E-state index in [9.17, 15) is 9.18 Å². The number of rotatable bonds is 7. The maximum Gasteiger partial charge on any atom is 0.278 e. The number of carbonyl (C=O) groups excluding carboxylic acids is 1. The van der Waals surface area contributed by atoms with E-state index in [1.54, 1.807) is 48.9 Å². The zero-order valence-corrected chi connectivity index (χ0v) is 20.2. The summed E-state index contributed by atoms with van der Waals surface area (Å²) in [7, 11) is 0. The van der Waals surface area contributed by atoms with E-state index in [0.717, 1.165) is 0 Å². The molecule has 0 bridgehead atoms. The lowest BCUT2D eigenvalue weighted by Gasteiger charge is -2.09. The molecule has 0 aliphatic carbocycles. The van der Waals surface area contributed by atoms with Gasteiger partial charge in [-0.15, -0.1) is 0 Å². The molecule has 10 heteroatoms. The van der Waals surface area contributed by atoms with E-state index in [4.69, 9.17) is 32.5 Å². The fourth-order valence-electron chi connectivity index (χ4n) is 3.44. The van der Waals surface area contributed by atoms with Crippen molar-refractivity contribution >= 4 is 34.8 Å². The quantitative estimate of drug-likeness (QED) is 0.329. The van der Waals surface area contributed by atoms with Crippen molar-refractivity contribution < 1.29 is 18.4 Å². The molecule has 7 nitrogen and oxygen atoms in total. The van der Waals surface area contributed by atoms with Crippen LogP contribution in [0.1, 0.15) is 38.8 Å². The summed E-state index contributed by atoms with van der Waals surface area (Å²) in [5.41, 5.74) is 3.25. The van der Waals surface area contributed by atoms with Crippen molar-refractivity contribution in [3.63, 3.8) is 0 Å². The molecular weight excluding hydrogens is 482 g/mol. The molecule has 2 aromatic carbocycles. The third kappa shape index (κ3) is 5.08. The molecule has 0 spiro atoms. The van der Waals surface area contributed by atoms with Gasteiger partial charge in [0.15, 0.2) is 5.69 Å². The van der Waals surface area contributed by atoms with Crippen LogP contribution in [-0.2, 0) is 13.2 Å². The SMILES string of the molecule is Cc1nn(Cc2ccc(F)cc2Cl)c(C)c1NC(=O)c1noc(C)c1COc1ccc(Cl)cc1. The van der Waals surface area contributed by atoms with E-state index in [1.807, 2.05) is 6.92 Å². The Bertz CT molecular complexity index is 1350. The monoisotopic (exact) mass is 502 g/mol. The van der Waals surface area contributed by atoms with E-state index in [2.05, 4.69) is 15.6 Å². The van der Waals surface area contributed by atoms with Crippen LogP contribution in [0.2, 0.25) is 10.0 Å². The van der Waals surface area contributed by atoms with Gasteiger partial charge in [-0.05, 0) is 62.7 Å². The first-order valence-corrected chi connectivity index (χ1v) is 11.1. The van der Waals surface area contributed by atoms with Gasteiger partial charge in [0.1, 0.15) is 23.9 Å². The molecule has 0 saturated heterocycles. The van der Waals surface area contributed by atoms with E-state index in [0.29, 0.717) is 56.3 Å². The summed E-state index contributed by atoms with van der Waals surface area (Å²) in [5, 5.41) is 12.2. The van der Waals surface area contributed by atoms with Crippen molar-refractivity contribution in [2.45, 2.75) is 33.9 Å². The molecule has 1 N–H and O–H groups in total. The van der Waals surface area contributed by atoms with E-state index < -0.39 is 11.7 Å². The van der Waals surface area contributed by atoms with Gasteiger partial charge in [0.25, 0.3) is 5.91 Å². The normalized spacial score (nSPS) is 11.0. The number of halogens is 3. The zero-order valence-electron chi connectivity index (χ0n) is 18.7. The second-order valence-electron chi connectivity index (χ2n) is 7.70. The van der Waals surface area contributed by atoms with Crippen LogP contribution in [0.4, 0.5) is 10.1 Å². The van der Waals surface area contributed by atoms with Crippen LogP contribution in [0.5, 0.6) is 5.75 Å². The summed E-state index contributed by atoms with van der Waals surface area (Å²) in [6, 6.07) is 11.1. The van der Waals surface area contributed by atoms with Crippen LogP contribution in [0.15, 0.2) is 47.0 Å². The highest BCUT2D eigenvalue weighted by atomic mass is 35.5. The van der Waals surface area contributed by atoms with E-state index in [1.165, 1.54) is 12.1 Å². The Hall–Kier alpha value is -3.36. The topological polar surface area (TPSA) is 82.2 Å². The zero-order chi connectivity index (χ0) is 24.4. The largest absolute Gasteiger partial charge is 0.489 e. The van der Waals surface area contributed by atoms with Crippen molar-refractivity contribution in [1.29, 1.82) is 0 Å². The lowest BCUT2D eigenvalue weighted by Crippen LogP contribution is -2.16. The van der Waals surface area contributed by atoms with Gasteiger partial charge in [-0.1, -0.05) is 34.4 Å². The molecule has 0 atom stereocenters. The molecule has 0 unspecified atom stereocenters. The number of nitrogens with one attached hydrogen (secondary N) is 1. The summed E-state index contributed by atoms with van der Waals surface area (Å²) in [6.07, 6.45) is 0. The number of hydrogen-bond donors (Lipinski definition) is 1. The van der Waals surface area contributed by atoms with E-state index >= 15 is 0 Å². The summed E-state index contributed by atoms with van der Waals surface area (Å²) in [4.78, 5) is 13.1. The Balaban J connectivity index is 1.51. The molecule has 0 fully saturated rings. The minimum Gasteiger partial charge on any atom is -0.489 e. The molecule has 4 rings (SSSR count). The van der Waals surface area contributed by atoms with Crippen LogP contribution >= 0.6 is 23.2 Å². The number of hydrogen-bond acceptors (Lipinski definition) is 5. The number of ether oxygens (including phenoxy) is 1. The second-order valence-corrected chi connectivity index (χ2v) is 8.55. The number of aromatic nitrogens is 3. The molecule has 2 aromatic heterocycles. The van der Waals surface area contributed by atoms with Crippen LogP contribution in [0.25, 0.3) is 0 Å². The third-order valence-corrected chi connectivity index (χ3v) is 5.96. The van der Waals surface area contributed by atoms with Crippen molar-refractivity contribution in [2.75, 3.05) is 5.32 Å². The average molecular weight is 503 g/mol. The van der Waals surface area contributed by atoms with Crippen LogP contribution in [0.3, 0.4) is 0 Å². The molecule has 4 aromatic rings. The standard InChI is InChI=1S/C24H21Cl2FN4O3/c1-13-22(14(2)31(29-13)11-16-4-7-18(27)10-21(16)26)28-24(32)23-20(15(3)34-30-23)12-33-19-8-5-17(25)6-9-19/h4-10H,11-12H2,1-3H3,(H,28,32). The Labute approximate surface area is 205 Å². The van der Waals surface area contributed by atoms with Crippen LogP contribution in [0, 0.1) is 26.6 Å². The smallest absolute Gasteiger partial charge is 0.278 e. The molecular formula is C24H21Cl2FN4O3. The summed E-state index contributed by atoms with van der Waals surface area (Å²) < 4.78 is 26.1. The van der Waals surface area contributed by atoms with Gasteiger partial charge in [0, 0.05) is 10.0 Å². The molecule has 176 valence electrons. The maximum absolute atomic E-state index is 13.4. The first-order valence-electron chi connectivity index (χ1n) is 10.4. The average Bonchev–Trinajstić information content (AvgIpc) is 3.29. The highest BCUT2D eigenvalue weighted by Gasteiger charge is 2.23. The number of anilines is 1. The molecule has 1 amide bonds. The van der Waals surface area contributed by atoms with Crippen molar-refractivity contribution in [3.05, 3.63) is 92.3 Å². The van der Waals surface area contributed by atoms with Gasteiger partial charge in [-0.25, -0.2) is 4.39 Å². The Morgan fingerprint density at radius 1 is 1.15 bits per heavy atom. The van der Waals surface area contributed by atoms with Gasteiger partial charge in [0.05, 0.1) is 29.2 Å². The molecule has 2 heterocycles. The van der Waals surface area contributed by atoms with Crippen molar-refractivity contribution in [3.8, 4) is 5.75 Å². The predicted molar refractivity (Wildman–Crippen MR) is 127 cm³/mol. The molecule has 34 heavy (non-hydrogen) atoms. The number of aryl methyl sites for hydroxylation is 2. The third-order valence-electron chi connectivity index (χ3n) is 5.35. The maximum atomic E-state index is 13.4. The molecule has 0 saturated carbocycles. The summed E-state index contributed by atoms with van der Waals surface area (Å²) >= 11 is 12.1. The van der Waals surface area contributed by atoms with Crippen molar-refractivity contribution in [2.24, 2.45) is 0 Å². The van der Waals surface area contributed by atoms with Gasteiger partial charge < -0.3 is 14.6 Å². The lowest BCUT2D eigenvalue weighted by atomic mass is 10.2. The molecule has 0 aliphatic rings. The minimum absolute atomic E-state index is 0.0972. The second kappa shape index (κ2) is 9.87. The number of benzene rings is 2. The summed E-state index contributed by atoms with van der Waals surface area (Å²) in [5.74, 6) is 0.226. The predicted octanol–water partition coefficient (Wildman–Crippen LogP) is 6.12. The lowest BCUT2D eigenvalue weighted by molar-refractivity contribution is 0.101. The van der Waals surface area contributed by atoms with Gasteiger partial charge >= 0.3 is 0 Å². The molecule has 0 radical (unpaired) electrons.